The minimum Gasteiger partial charge on any atom is -0.337 e. The number of rotatable bonds is 2. The van der Waals surface area contributed by atoms with Crippen LogP contribution in [0.2, 0.25) is 0 Å². The Bertz CT molecular complexity index is 198. The molecular formula is C7H10BrF2NO. The molecule has 5 heteroatoms. The van der Waals surface area contributed by atoms with E-state index in [4.69, 9.17) is 0 Å². The van der Waals surface area contributed by atoms with Gasteiger partial charge in [-0.2, -0.15) is 8.78 Å². The largest absolute Gasteiger partial charge is 0.337 e. The molecule has 0 N–H and O–H groups in total. The molecule has 1 aliphatic heterocycles. The van der Waals surface area contributed by atoms with Crippen molar-refractivity contribution in [2.24, 2.45) is 5.92 Å². The van der Waals surface area contributed by atoms with E-state index in [0.717, 1.165) is 0 Å². The molecule has 1 rings (SSSR count). The van der Waals surface area contributed by atoms with Gasteiger partial charge in [0, 0.05) is 18.4 Å². The first-order valence-corrected chi connectivity index (χ1v) is 4.89. The zero-order chi connectivity index (χ0) is 9.35. The second-order valence-corrected chi connectivity index (χ2v) is 3.47. The lowest BCUT2D eigenvalue weighted by Gasteiger charge is -2.12. The number of hydrogen-bond acceptors (Lipinski definition) is 1. The predicted molar refractivity (Wildman–Crippen MR) is 44.5 cm³/mol. The van der Waals surface area contributed by atoms with E-state index >= 15 is 0 Å². The van der Waals surface area contributed by atoms with E-state index in [1.165, 1.54) is 4.90 Å². The number of nitrogens with zero attached hydrogens (tertiary/aromatic N) is 1. The topological polar surface area (TPSA) is 20.3 Å². The molecule has 1 amide bonds. The molecule has 70 valence electrons. The summed E-state index contributed by atoms with van der Waals surface area (Å²) in [5, 5.41) is 0.169. The number of likely N-dealkylation sites (tertiary alicyclic amines) is 1. The van der Waals surface area contributed by atoms with Gasteiger partial charge in [-0.25, -0.2) is 0 Å². The van der Waals surface area contributed by atoms with Gasteiger partial charge in [0.2, 0.25) is 0 Å². The first-order valence-electron chi connectivity index (χ1n) is 3.77. The lowest BCUT2D eigenvalue weighted by Crippen LogP contribution is -2.35. The highest BCUT2D eigenvalue weighted by Crippen LogP contribution is 2.35. The fourth-order valence-electron chi connectivity index (χ4n) is 1.27. The van der Waals surface area contributed by atoms with Crippen LogP contribution in [-0.4, -0.2) is 35.1 Å². The average Bonchev–Trinajstić information content (AvgIpc) is 2.25. The molecule has 0 radical (unpaired) electrons. The third-order valence-corrected chi connectivity index (χ3v) is 2.88. The second kappa shape index (κ2) is 3.28. The maximum Gasteiger partial charge on any atom is 0.330 e. The first-order chi connectivity index (χ1) is 5.54. The summed E-state index contributed by atoms with van der Waals surface area (Å²) < 4.78 is 26.0. The van der Waals surface area contributed by atoms with Crippen molar-refractivity contribution in [3.05, 3.63) is 0 Å². The summed E-state index contributed by atoms with van der Waals surface area (Å²) in [6, 6.07) is 0. The van der Waals surface area contributed by atoms with Crippen molar-refractivity contribution in [3.63, 3.8) is 0 Å². The number of halogens is 3. The number of hydrogen-bond donors (Lipinski definition) is 0. The molecule has 1 aliphatic rings. The van der Waals surface area contributed by atoms with Crippen molar-refractivity contribution < 1.29 is 13.6 Å². The fraction of sp³-hybridized carbons (Fsp3) is 0.857. The molecule has 1 atom stereocenters. The van der Waals surface area contributed by atoms with Gasteiger partial charge in [-0.3, -0.25) is 4.79 Å². The molecule has 1 heterocycles. The number of alkyl halides is 3. The predicted octanol–water partition coefficient (Wildman–Crippen LogP) is 1.49. The minimum atomic E-state index is -3.17. The Hall–Kier alpha value is -0.190. The zero-order valence-electron chi connectivity index (χ0n) is 6.69. The molecule has 0 aromatic rings. The number of carbonyl (C=O) groups is 1. The highest BCUT2D eigenvalue weighted by molar-refractivity contribution is 9.09. The van der Waals surface area contributed by atoms with Gasteiger partial charge in [0.25, 0.3) is 5.91 Å². The van der Waals surface area contributed by atoms with E-state index in [0.29, 0.717) is 6.54 Å². The van der Waals surface area contributed by atoms with Crippen LogP contribution >= 0.6 is 15.9 Å². The number of carbonyl (C=O) groups excluding carboxylic acids is 1. The summed E-state index contributed by atoms with van der Waals surface area (Å²) in [5.41, 5.74) is 0. The molecular weight excluding hydrogens is 232 g/mol. The van der Waals surface area contributed by atoms with Crippen LogP contribution in [0.15, 0.2) is 0 Å². The summed E-state index contributed by atoms with van der Waals surface area (Å²) in [5.74, 6) is -5.07. The first kappa shape index (κ1) is 9.89. The van der Waals surface area contributed by atoms with E-state index in [-0.39, 0.29) is 11.9 Å². The van der Waals surface area contributed by atoms with Gasteiger partial charge in [0.05, 0.1) is 5.92 Å². The Balaban J connectivity index is 2.80. The van der Waals surface area contributed by atoms with Gasteiger partial charge in [-0.1, -0.05) is 15.9 Å². The van der Waals surface area contributed by atoms with E-state index in [2.05, 4.69) is 15.9 Å². The van der Waals surface area contributed by atoms with Crippen LogP contribution in [0.25, 0.3) is 0 Å². The molecule has 0 aromatic carbocycles. The van der Waals surface area contributed by atoms with Crippen LogP contribution in [0.4, 0.5) is 8.78 Å². The molecule has 0 aromatic heterocycles. The van der Waals surface area contributed by atoms with Crippen molar-refractivity contribution in [1.29, 1.82) is 0 Å². The summed E-state index contributed by atoms with van der Waals surface area (Å²) in [7, 11) is 0. The maximum atomic E-state index is 13.0. The normalized spacial score (nSPS) is 28.2. The van der Waals surface area contributed by atoms with E-state index in [1.54, 1.807) is 6.92 Å². The Labute approximate surface area is 78.0 Å². The van der Waals surface area contributed by atoms with Crippen LogP contribution < -0.4 is 0 Å². The lowest BCUT2D eigenvalue weighted by molar-refractivity contribution is -0.150. The van der Waals surface area contributed by atoms with E-state index < -0.39 is 17.7 Å². The quantitative estimate of drug-likeness (QED) is 0.672. The second-order valence-electron chi connectivity index (χ2n) is 2.82. The van der Waals surface area contributed by atoms with Crippen LogP contribution in [-0.2, 0) is 4.79 Å². The van der Waals surface area contributed by atoms with Gasteiger partial charge < -0.3 is 4.90 Å². The Kier molecular flexibility index (Phi) is 2.70. The third kappa shape index (κ3) is 1.34. The standard InChI is InChI=1S/C7H10BrF2NO/c1-2-11-4-5(3-8)7(9,10)6(11)12/h5H,2-4H2,1H3/t5-/m0/s1. The smallest absolute Gasteiger partial charge is 0.330 e. The van der Waals surface area contributed by atoms with Crippen LogP contribution in [0, 0.1) is 5.92 Å². The molecule has 0 aliphatic carbocycles. The van der Waals surface area contributed by atoms with Crippen molar-refractivity contribution in [1.82, 2.24) is 4.90 Å². The average molecular weight is 242 g/mol. The maximum absolute atomic E-state index is 13.0. The van der Waals surface area contributed by atoms with Crippen molar-refractivity contribution >= 4 is 21.8 Å². The summed E-state index contributed by atoms with van der Waals surface area (Å²) >= 11 is 2.98. The number of amides is 1. The zero-order valence-corrected chi connectivity index (χ0v) is 8.27. The van der Waals surface area contributed by atoms with E-state index in [1.807, 2.05) is 0 Å². The van der Waals surface area contributed by atoms with Crippen molar-refractivity contribution in [2.45, 2.75) is 12.8 Å². The van der Waals surface area contributed by atoms with Crippen LogP contribution in [0.5, 0.6) is 0 Å². The molecule has 1 fully saturated rings. The summed E-state index contributed by atoms with van der Waals surface area (Å²) in [6.45, 7) is 2.22. The Morgan fingerprint density at radius 1 is 1.75 bits per heavy atom. The van der Waals surface area contributed by atoms with Gasteiger partial charge in [0.1, 0.15) is 0 Å². The monoisotopic (exact) mass is 241 g/mol. The minimum absolute atomic E-state index is 0.160. The fourth-order valence-corrected chi connectivity index (χ4v) is 1.88. The molecule has 12 heavy (non-hydrogen) atoms. The van der Waals surface area contributed by atoms with E-state index in [9.17, 15) is 13.6 Å². The molecule has 0 unspecified atom stereocenters. The van der Waals surface area contributed by atoms with Crippen LogP contribution in [0.1, 0.15) is 6.92 Å². The molecule has 2 nitrogen and oxygen atoms in total. The SMILES string of the molecule is CCN1C[C@H](CBr)C(F)(F)C1=O. The molecule has 0 saturated carbocycles. The van der Waals surface area contributed by atoms with Gasteiger partial charge >= 0.3 is 5.92 Å². The van der Waals surface area contributed by atoms with Gasteiger partial charge in [0.15, 0.2) is 0 Å². The lowest BCUT2D eigenvalue weighted by atomic mass is 10.1. The Morgan fingerprint density at radius 3 is 2.58 bits per heavy atom. The molecule has 1 saturated heterocycles. The van der Waals surface area contributed by atoms with Crippen LogP contribution in [0.3, 0.4) is 0 Å². The Morgan fingerprint density at radius 2 is 2.33 bits per heavy atom. The van der Waals surface area contributed by atoms with Crippen molar-refractivity contribution in [3.8, 4) is 0 Å². The van der Waals surface area contributed by atoms with Crippen molar-refractivity contribution in [2.75, 3.05) is 18.4 Å². The molecule has 0 spiro atoms. The third-order valence-electron chi connectivity index (χ3n) is 2.09. The highest BCUT2D eigenvalue weighted by atomic mass is 79.9. The summed E-state index contributed by atoms with van der Waals surface area (Å²) in [6.07, 6.45) is 0. The molecule has 0 bridgehead atoms. The summed E-state index contributed by atoms with van der Waals surface area (Å²) in [4.78, 5) is 12.2. The highest BCUT2D eigenvalue weighted by Gasteiger charge is 2.54. The van der Waals surface area contributed by atoms with Gasteiger partial charge in [-0.15, -0.1) is 0 Å². The van der Waals surface area contributed by atoms with Gasteiger partial charge in [-0.05, 0) is 6.92 Å².